The lowest BCUT2D eigenvalue weighted by Gasteiger charge is -2.22. The van der Waals surface area contributed by atoms with E-state index in [1.165, 1.54) is 18.2 Å². The monoisotopic (exact) mass is 408 g/mol. The van der Waals surface area contributed by atoms with Gasteiger partial charge in [-0.25, -0.2) is 19.2 Å². The number of benzene rings is 3. The summed E-state index contributed by atoms with van der Waals surface area (Å²) in [5.41, 5.74) is 1.47. The fourth-order valence-corrected chi connectivity index (χ4v) is 3.42. The van der Waals surface area contributed by atoms with Gasteiger partial charge in [0, 0.05) is 0 Å². The molecule has 0 spiro atoms. The molecule has 30 heavy (non-hydrogen) atoms. The Labute approximate surface area is 169 Å². The normalized spacial score (nSPS) is 11.5. The van der Waals surface area contributed by atoms with Crippen molar-refractivity contribution in [3.05, 3.63) is 81.9 Å². The number of aromatic carboxylic acids is 4. The van der Waals surface area contributed by atoms with Gasteiger partial charge in [-0.15, -0.1) is 0 Å². The van der Waals surface area contributed by atoms with Crippen molar-refractivity contribution in [2.45, 2.75) is 12.8 Å². The first-order chi connectivity index (χ1) is 14.2. The molecule has 0 fully saturated rings. The Bertz CT molecular complexity index is 1170. The van der Waals surface area contributed by atoms with Crippen LogP contribution in [0.3, 0.4) is 0 Å². The number of carboxylic acids is 4. The third-order valence-electron chi connectivity index (χ3n) is 4.89. The maximum atomic E-state index is 11.1. The number of rotatable bonds is 4. The van der Waals surface area contributed by atoms with Crippen molar-refractivity contribution in [2.24, 2.45) is 0 Å². The summed E-state index contributed by atoms with van der Waals surface area (Å²) >= 11 is 0. The van der Waals surface area contributed by atoms with Crippen molar-refractivity contribution in [2.75, 3.05) is 0 Å². The molecule has 0 unspecified atom stereocenters. The lowest BCUT2D eigenvalue weighted by Crippen LogP contribution is -2.19. The second-order valence-electron chi connectivity index (χ2n) is 6.55. The van der Waals surface area contributed by atoms with E-state index in [0.29, 0.717) is 34.7 Å². The van der Waals surface area contributed by atoms with Crippen LogP contribution in [0.1, 0.15) is 52.6 Å². The van der Waals surface area contributed by atoms with Crippen molar-refractivity contribution in [3.63, 3.8) is 0 Å². The minimum Gasteiger partial charge on any atom is -0.478 e. The van der Waals surface area contributed by atoms with Gasteiger partial charge in [0.25, 0.3) is 0 Å². The maximum Gasteiger partial charge on any atom is 0.337 e. The van der Waals surface area contributed by atoms with Gasteiger partial charge in [-0.2, -0.15) is 0 Å². The molecule has 0 heterocycles. The van der Waals surface area contributed by atoms with E-state index in [4.69, 9.17) is 20.4 Å². The number of hydrogen-bond donors (Lipinski definition) is 4. The van der Waals surface area contributed by atoms with Gasteiger partial charge in [-0.1, -0.05) is 30.3 Å². The van der Waals surface area contributed by atoms with E-state index in [1.807, 2.05) is 0 Å². The van der Waals surface area contributed by atoms with E-state index in [0.717, 1.165) is 0 Å². The number of carboxylic acid groups (broad SMARTS) is 4. The van der Waals surface area contributed by atoms with Crippen molar-refractivity contribution < 1.29 is 39.6 Å². The Morgan fingerprint density at radius 2 is 1.03 bits per heavy atom. The van der Waals surface area contributed by atoms with Crippen LogP contribution in [0.4, 0.5) is 0 Å². The molecule has 8 nitrogen and oxygen atoms in total. The predicted octanol–water partition coefficient (Wildman–Crippen LogP) is 3.42. The van der Waals surface area contributed by atoms with Gasteiger partial charge in [-0.05, 0) is 52.9 Å². The maximum absolute atomic E-state index is 11.1. The van der Waals surface area contributed by atoms with Gasteiger partial charge >= 0.3 is 23.9 Å². The highest BCUT2D eigenvalue weighted by Crippen LogP contribution is 2.30. The van der Waals surface area contributed by atoms with Gasteiger partial charge in [0.2, 0.25) is 0 Å². The zero-order valence-electron chi connectivity index (χ0n) is 15.5. The summed E-state index contributed by atoms with van der Waals surface area (Å²) in [6.45, 7) is 0. The van der Waals surface area contributed by atoms with Gasteiger partial charge in [0.1, 0.15) is 0 Å². The van der Waals surface area contributed by atoms with Crippen LogP contribution < -0.4 is 0 Å². The average molecular weight is 408 g/mol. The minimum absolute atomic E-state index is 0.161. The summed E-state index contributed by atoms with van der Waals surface area (Å²) < 4.78 is 0. The molecule has 0 bridgehead atoms. The van der Waals surface area contributed by atoms with Crippen LogP contribution in [0, 0.1) is 0 Å². The van der Waals surface area contributed by atoms with Gasteiger partial charge in [0.15, 0.2) is 0 Å². The number of carbonyl (C=O) groups is 4. The van der Waals surface area contributed by atoms with E-state index >= 15 is 0 Å². The van der Waals surface area contributed by atoms with Crippen LogP contribution in [0.5, 0.6) is 0 Å². The third kappa shape index (κ3) is 3.70. The molecule has 1 aliphatic carbocycles. The highest BCUT2D eigenvalue weighted by Gasteiger charge is 2.26. The van der Waals surface area contributed by atoms with E-state index in [-0.39, 0.29) is 22.3 Å². The molecule has 0 radical (unpaired) electrons. The Balaban J connectivity index is 0.000000172. The van der Waals surface area contributed by atoms with Gasteiger partial charge in [0.05, 0.1) is 22.3 Å². The van der Waals surface area contributed by atoms with Gasteiger partial charge in [-0.3, -0.25) is 0 Å². The second-order valence-corrected chi connectivity index (χ2v) is 6.55. The summed E-state index contributed by atoms with van der Waals surface area (Å²) in [4.78, 5) is 43.5. The molecule has 0 aliphatic heterocycles. The Morgan fingerprint density at radius 3 is 1.47 bits per heavy atom. The summed E-state index contributed by atoms with van der Waals surface area (Å²) in [5, 5.41) is 36.7. The first-order valence-corrected chi connectivity index (χ1v) is 8.82. The van der Waals surface area contributed by atoms with Crippen molar-refractivity contribution >= 4 is 34.6 Å². The number of fused-ring (bicyclic) bond motifs is 2. The fraction of sp³-hybridized carbons (Fsp3) is 0.0909. The first-order valence-electron chi connectivity index (χ1n) is 8.82. The molecule has 0 aromatic heterocycles. The quantitative estimate of drug-likeness (QED) is 0.513. The summed E-state index contributed by atoms with van der Waals surface area (Å²) in [6, 6.07) is 12.4. The van der Waals surface area contributed by atoms with E-state index < -0.39 is 23.9 Å². The van der Waals surface area contributed by atoms with Crippen LogP contribution >= 0.6 is 0 Å². The zero-order valence-corrected chi connectivity index (χ0v) is 15.5. The molecule has 4 rings (SSSR count). The first kappa shape index (κ1) is 20.5. The molecule has 152 valence electrons. The second kappa shape index (κ2) is 8.04. The third-order valence-corrected chi connectivity index (χ3v) is 4.89. The Hall–Kier alpha value is -4.20. The van der Waals surface area contributed by atoms with Crippen molar-refractivity contribution in [1.82, 2.24) is 0 Å². The van der Waals surface area contributed by atoms with Crippen LogP contribution in [-0.2, 0) is 12.8 Å². The predicted molar refractivity (Wildman–Crippen MR) is 106 cm³/mol. The molecule has 0 saturated heterocycles. The molecule has 4 N–H and O–H groups in total. The fourth-order valence-electron chi connectivity index (χ4n) is 3.42. The zero-order chi connectivity index (χ0) is 22.0. The van der Waals surface area contributed by atoms with Crippen LogP contribution in [0.2, 0.25) is 0 Å². The molecule has 0 saturated carbocycles. The summed E-state index contributed by atoms with van der Waals surface area (Å²) in [6.07, 6.45) is 1.33. The SMILES string of the molecule is O=C(O)c1ccc(C(=O)O)c2c1CC2.O=C(O)c1ccc2ccccc2c1C(=O)O. The van der Waals surface area contributed by atoms with Gasteiger partial charge < -0.3 is 20.4 Å². The van der Waals surface area contributed by atoms with E-state index in [1.54, 1.807) is 30.3 Å². The molecular weight excluding hydrogens is 392 g/mol. The van der Waals surface area contributed by atoms with Crippen molar-refractivity contribution in [3.8, 4) is 0 Å². The largest absolute Gasteiger partial charge is 0.478 e. The lowest BCUT2D eigenvalue weighted by atomic mass is 9.81. The highest BCUT2D eigenvalue weighted by atomic mass is 16.4. The molecule has 0 amide bonds. The molecule has 3 aromatic rings. The standard InChI is InChI=1S/C12H8O4.C10H8O4/c13-11(14)9-6-5-7-3-1-2-4-8(7)10(9)12(15)16;11-9(12)7-3-4-8(10(13)14)6-2-1-5(6)7/h1-6H,(H,13,14)(H,15,16);3-4H,1-2H2,(H,11,12)(H,13,14). The topological polar surface area (TPSA) is 149 Å². The lowest BCUT2D eigenvalue weighted by molar-refractivity contribution is 0.0653. The van der Waals surface area contributed by atoms with Crippen LogP contribution in [0.25, 0.3) is 10.8 Å². The molecule has 1 aliphatic rings. The molecule has 0 atom stereocenters. The van der Waals surface area contributed by atoms with E-state index in [9.17, 15) is 19.2 Å². The Kier molecular flexibility index (Phi) is 5.50. The molecular formula is C22H16O8. The molecule has 3 aromatic carbocycles. The van der Waals surface area contributed by atoms with Crippen LogP contribution in [-0.4, -0.2) is 44.3 Å². The van der Waals surface area contributed by atoms with Crippen molar-refractivity contribution in [1.29, 1.82) is 0 Å². The minimum atomic E-state index is -1.23. The summed E-state index contributed by atoms with van der Waals surface area (Å²) in [5.74, 6) is -4.44. The van der Waals surface area contributed by atoms with E-state index in [2.05, 4.69) is 0 Å². The molecule has 8 heteroatoms. The number of hydrogen-bond acceptors (Lipinski definition) is 4. The Morgan fingerprint density at radius 1 is 0.567 bits per heavy atom. The summed E-state index contributed by atoms with van der Waals surface area (Å²) in [7, 11) is 0. The highest BCUT2D eigenvalue weighted by molar-refractivity contribution is 6.11. The average Bonchev–Trinajstić information content (AvgIpc) is 2.67. The van der Waals surface area contributed by atoms with Crippen LogP contribution in [0.15, 0.2) is 48.5 Å². The smallest absolute Gasteiger partial charge is 0.337 e.